The first-order valence-corrected chi connectivity index (χ1v) is 4.93. The van der Waals surface area contributed by atoms with Gasteiger partial charge in [0.15, 0.2) is 0 Å². The number of ether oxygens (including phenoxy) is 1. The van der Waals surface area contributed by atoms with E-state index in [1.165, 1.54) is 19.1 Å². The van der Waals surface area contributed by atoms with Crippen molar-refractivity contribution in [3.63, 3.8) is 0 Å². The van der Waals surface area contributed by atoms with Crippen molar-refractivity contribution in [2.45, 2.75) is 19.3 Å². The molecule has 0 N–H and O–H groups in total. The summed E-state index contributed by atoms with van der Waals surface area (Å²) in [4.78, 5) is 28.7. The largest absolute Gasteiger partial charge is 0.442 e. The fourth-order valence-corrected chi connectivity index (χ4v) is 1.35. The second-order valence-corrected chi connectivity index (χ2v) is 3.36. The zero-order chi connectivity index (χ0) is 11.3. The van der Waals surface area contributed by atoms with Crippen LogP contribution in [-0.2, 0) is 9.57 Å². The van der Waals surface area contributed by atoms with Gasteiger partial charge in [-0.1, -0.05) is 0 Å². The van der Waals surface area contributed by atoms with Gasteiger partial charge in [0.1, 0.15) is 0 Å². The summed E-state index contributed by atoms with van der Waals surface area (Å²) < 4.78 is 4.59. The maximum atomic E-state index is 11.4. The average molecular weight is 216 g/mol. The van der Waals surface area contributed by atoms with Gasteiger partial charge < -0.3 is 9.64 Å². The van der Waals surface area contributed by atoms with E-state index in [1.54, 1.807) is 0 Å². The Balaban J connectivity index is 2.37. The van der Waals surface area contributed by atoms with Gasteiger partial charge in [-0.3, -0.25) is 4.84 Å². The molecule has 6 heteroatoms. The van der Waals surface area contributed by atoms with E-state index in [9.17, 15) is 9.59 Å². The lowest BCUT2D eigenvalue weighted by Crippen LogP contribution is -2.39. The van der Waals surface area contributed by atoms with Gasteiger partial charge in [-0.25, -0.2) is 9.59 Å². The monoisotopic (exact) mass is 216 g/mol. The Kier molecular flexibility index (Phi) is 4.36. The zero-order valence-electron chi connectivity index (χ0n) is 9.06. The molecular weight excluding hydrogens is 200 g/mol. The summed E-state index contributed by atoms with van der Waals surface area (Å²) in [5.41, 5.74) is 0. The summed E-state index contributed by atoms with van der Waals surface area (Å²) in [5.74, 6) is 0. The Labute approximate surface area is 88.7 Å². The highest BCUT2D eigenvalue weighted by molar-refractivity contribution is 5.82. The molecule has 0 spiro atoms. The number of rotatable bonds is 1. The summed E-state index contributed by atoms with van der Waals surface area (Å²) in [6, 6.07) is 0. The third-order valence-electron chi connectivity index (χ3n) is 2.32. The number of hydrogen-bond donors (Lipinski definition) is 0. The van der Waals surface area contributed by atoms with Gasteiger partial charge in [-0.15, -0.1) is 0 Å². The first-order valence-electron chi connectivity index (χ1n) is 4.93. The van der Waals surface area contributed by atoms with Crippen LogP contribution in [0.3, 0.4) is 0 Å². The highest BCUT2D eigenvalue weighted by atomic mass is 16.7. The third-order valence-corrected chi connectivity index (χ3v) is 2.32. The molecule has 1 heterocycles. The number of nitrogens with zero attached hydrogens (tertiary/aromatic N) is 2. The molecular formula is C9H16N2O4. The van der Waals surface area contributed by atoms with Gasteiger partial charge in [-0.2, -0.15) is 5.06 Å². The lowest BCUT2D eigenvalue weighted by atomic mass is 10.1. The van der Waals surface area contributed by atoms with Crippen molar-refractivity contribution in [1.82, 2.24) is 9.96 Å². The molecule has 86 valence electrons. The lowest BCUT2D eigenvalue weighted by Gasteiger charge is -2.25. The van der Waals surface area contributed by atoms with Crippen LogP contribution in [-0.4, -0.2) is 49.4 Å². The smallest absolute Gasteiger partial charge is 0.358 e. The SMILES string of the molecule is CON(C)C(=O)OC(=O)N1CCCCC1. The highest BCUT2D eigenvalue weighted by Gasteiger charge is 2.22. The quantitative estimate of drug-likeness (QED) is 0.488. The third kappa shape index (κ3) is 3.39. The van der Waals surface area contributed by atoms with Gasteiger partial charge >= 0.3 is 12.2 Å². The van der Waals surface area contributed by atoms with Gasteiger partial charge in [0.05, 0.1) is 7.11 Å². The second-order valence-electron chi connectivity index (χ2n) is 3.36. The molecule has 6 nitrogen and oxygen atoms in total. The topological polar surface area (TPSA) is 59.1 Å². The van der Waals surface area contributed by atoms with Crippen LogP contribution in [0.4, 0.5) is 9.59 Å². The molecule has 0 aromatic heterocycles. The summed E-state index contributed by atoms with van der Waals surface area (Å²) in [6.45, 7) is 1.31. The highest BCUT2D eigenvalue weighted by Crippen LogP contribution is 2.10. The van der Waals surface area contributed by atoms with E-state index in [0.29, 0.717) is 13.1 Å². The van der Waals surface area contributed by atoms with Crippen LogP contribution in [0.25, 0.3) is 0 Å². The van der Waals surface area contributed by atoms with Crippen molar-refractivity contribution in [3.05, 3.63) is 0 Å². The lowest BCUT2D eigenvalue weighted by molar-refractivity contribution is -0.0847. The number of hydrogen-bond acceptors (Lipinski definition) is 4. The molecule has 1 rings (SSSR count). The van der Waals surface area contributed by atoms with E-state index in [0.717, 1.165) is 24.3 Å². The fourth-order valence-electron chi connectivity index (χ4n) is 1.35. The standard InChI is InChI=1S/C9H16N2O4/c1-10(14-2)8(12)15-9(13)11-6-4-3-5-7-11/h3-7H2,1-2H3. The van der Waals surface area contributed by atoms with Gasteiger partial charge in [0.2, 0.25) is 0 Å². The summed E-state index contributed by atoms with van der Waals surface area (Å²) in [5, 5.41) is 0.863. The van der Waals surface area contributed by atoms with E-state index >= 15 is 0 Å². The first-order chi connectivity index (χ1) is 7.15. The predicted octanol–water partition coefficient (Wildman–Crippen LogP) is 1.22. The van der Waals surface area contributed by atoms with Gasteiger partial charge in [-0.05, 0) is 19.3 Å². The van der Waals surface area contributed by atoms with Crippen molar-refractivity contribution in [3.8, 4) is 0 Å². The van der Waals surface area contributed by atoms with Crippen LogP contribution in [0.15, 0.2) is 0 Å². The molecule has 0 aromatic carbocycles. The minimum atomic E-state index is -0.798. The predicted molar refractivity (Wildman–Crippen MR) is 52.1 cm³/mol. The van der Waals surface area contributed by atoms with Crippen LogP contribution in [0.5, 0.6) is 0 Å². The fraction of sp³-hybridized carbons (Fsp3) is 0.778. The van der Waals surface area contributed by atoms with Gasteiger partial charge in [0.25, 0.3) is 0 Å². The molecule has 15 heavy (non-hydrogen) atoms. The normalized spacial score (nSPS) is 16.0. The Hall–Kier alpha value is -1.30. The zero-order valence-corrected chi connectivity index (χ0v) is 9.06. The maximum absolute atomic E-state index is 11.4. The van der Waals surface area contributed by atoms with E-state index in [1.807, 2.05) is 0 Å². The Bertz CT molecular complexity index is 238. The van der Waals surface area contributed by atoms with E-state index < -0.39 is 12.2 Å². The summed E-state index contributed by atoms with van der Waals surface area (Å²) >= 11 is 0. The van der Waals surface area contributed by atoms with Crippen molar-refractivity contribution in [2.75, 3.05) is 27.2 Å². The molecule has 0 atom stereocenters. The maximum Gasteiger partial charge on any atom is 0.442 e. The molecule has 0 saturated carbocycles. The number of carbonyl (C=O) groups excluding carboxylic acids is 2. The molecule has 0 aliphatic carbocycles. The molecule has 1 saturated heterocycles. The molecule has 0 radical (unpaired) electrons. The number of piperidine rings is 1. The molecule has 0 aromatic rings. The van der Waals surface area contributed by atoms with Crippen molar-refractivity contribution in [1.29, 1.82) is 0 Å². The van der Waals surface area contributed by atoms with Crippen LogP contribution in [0.1, 0.15) is 19.3 Å². The van der Waals surface area contributed by atoms with E-state index in [2.05, 4.69) is 9.57 Å². The second kappa shape index (κ2) is 5.55. The number of hydroxylamine groups is 2. The van der Waals surface area contributed by atoms with Crippen LogP contribution < -0.4 is 0 Å². The minimum Gasteiger partial charge on any atom is -0.358 e. The molecule has 1 aliphatic heterocycles. The summed E-state index contributed by atoms with van der Waals surface area (Å²) in [7, 11) is 2.71. The number of amides is 2. The molecule has 0 unspecified atom stereocenters. The van der Waals surface area contributed by atoms with Crippen LogP contribution in [0.2, 0.25) is 0 Å². The van der Waals surface area contributed by atoms with E-state index in [4.69, 9.17) is 0 Å². The number of likely N-dealkylation sites (tertiary alicyclic amines) is 1. The van der Waals surface area contributed by atoms with Crippen molar-refractivity contribution >= 4 is 12.2 Å². The van der Waals surface area contributed by atoms with E-state index in [-0.39, 0.29) is 0 Å². The molecule has 0 bridgehead atoms. The van der Waals surface area contributed by atoms with Crippen molar-refractivity contribution < 1.29 is 19.2 Å². The van der Waals surface area contributed by atoms with Crippen LogP contribution in [0, 0.1) is 0 Å². The van der Waals surface area contributed by atoms with Gasteiger partial charge in [0, 0.05) is 20.1 Å². The van der Waals surface area contributed by atoms with Crippen LogP contribution >= 0.6 is 0 Å². The Morgan fingerprint density at radius 2 is 1.80 bits per heavy atom. The average Bonchev–Trinajstić information content (AvgIpc) is 2.29. The summed E-state index contributed by atoms with van der Waals surface area (Å²) in [6.07, 6.45) is 1.65. The van der Waals surface area contributed by atoms with Crippen molar-refractivity contribution in [2.24, 2.45) is 0 Å². The Morgan fingerprint density at radius 3 is 2.33 bits per heavy atom. The molecule has 1 fully saturated rings. The first kappa shape index (κ1) is 11.8. The molecule has 1 aliphatic rings. The number of carbonyl (C=O) groups is 2. The molecule has 2 amide bonds. The Morgan fingerprint density at radius 1 is 1.20 bits per heavy atom. The minimum absolute atomic E-state index is 0.594.